The van der Waals surface area contributed by atoms with Gasteiger partial charge in [0.2, 0.25) is 0 Å². The summed E-state index contributed by atoms with van der Waals surface area (Å²) < 4.78 is 0. The zero-order chi connectivity index (χ0) is 13.7. The summed E-state index contributed by atoms with van der Waals surface area (Å²) in [7, 11) is 0. The highest BCUT2D eigenvalue weighted by atomic mass is 32.1. The molecule has 5 nitrogen and oxygen atoms in total. The van der Waals surface area contributed by atoms with Crippen molar-refractivity contribution in [3.63, 3.8) is 0 Å². The molecule has 0 atom stereocenters. The lowest BCUT2D eigenvalue weighted by Gasteiger charge is -2.02. The number of aromatic nitrogens is 2. The quantitative estimate of drug-likeness (QED) is 0.733. The summed E-state index contributed by atoms with van der Waals surface area (Å²) in [4.78, 5) is 12.7. The highest BCUT2D eigenvalue weighted by Crippen LogP contribution is 2.13. The van der Waals surface area contributed by atoms with Gasteiger partial charge in [0, 0.05) is 23.2 Å². The number of aliphatic hydroxyl groups is 1. The fraction of sp³-hybridized carbons (Fsp3) is 0.231. The number of amides is 1. The molecule has 19 heavy (non-hydrogen) atoms. The molecule has 1 amide bonds. The van der Waals surface area contributed by atoms with Crippen LogP contribution in [0.5, 0.6) is 0 Å². The SMILES string of the molecule is Cc1[nH]ncc1CNC(=O)c1csc(C#CCO)c1. The van der Waals surface area contributed by atoms with Gasteiger partial charge in [-0.1, -0.05) is 11.8 Å². The average molecular weight is 275 g/mol. The van der Waals surface area contributed by atoms with Crippen LogP contribution in [0.3, 0.4) is 0 Å². The van der Waals surface area contributed by atoms with E-state index in [1.165, 1.54) is 11.3 Å². The molecular weight excluding hydrogens is 262 g/mol. The molecule has 0 unspecified atom stereocenters. The van der Waals surface area contributed by atoms with Gasteiger partial charge in [-0.05, 0) is 13.0 Å². The van der Waals surface area contributed by atoms with Crippen LogP contribution >= 0.6 is 11.3 Å². The first-order valence-electron chi connectivity index (χ1n) is 5.66. The van der Waals surface area contributed by atoms with E-state index in [4.69, 9.17) is 5.11 Å². The summed E-state index contributed by atoms with van der Waals surface area (Å²) in [5.74, 6) is 5.18. The van der Waals surface area contributed by atoms with Gasteiger partial charge in [0.1, 0.15) is 6.61 Å². The predicted molar refractivity (Wildman–Crippen MR) is 72.8 cm³/mol. The fourth-order valence-corrected chi connectivity index (χ4v) is 2.23. The van der Waals surface area contributed by atoms with Gasteiger partial charge in [0.15, 0.2) is 0 Å². The lowest BCUT2D eigenvalue weighted by Crippen LogP contribution is -2.22. The molecule has 0 saturated heterocycles. The molecular formula is C13H13N3O2S. The van der Waals surface area contributed by atoms with Crippen molar-refractivity contribution in [2.75, 3.05) is 6.61 Å². The summed E-state index contributed by atoms with van der Waals surface area (Å²) in [6, 6.07) is 1.71. The van der Waals surface area contributed by atoms with Crippen LogP contribution in [0.4, 0.5) is 0 Å². The van der Waals surface area contributed by atoms with Crippen LogP contribution in [0.15, 0.2) is 17.6 Å². The van der Waals surface area contributed by atoms with Gasteiger partial charge in [-0.2, -0.15) is 5.10 Å². The number of hydrogen-bond acceptors (Lipinski definition) is 4. The number of nitrogens with zero attached hydrogens (tertiary/aromatic N) is 1. The molecule has 0 aliphatic heterocycles. The Bertz CT molecular complexity index is 634. The normalized spacial score (nSPS) is 9.79. The standard InChI is InChI=1S/C13H13N3O2S/c1-9-11(7-15-16-9)6-14-13(18)10-5-12(19-8-10)3-2-4-17/h5,7-8,17H,4,6H2,1H3,(H,14,18)(H,15,16). The van der Waals surface area contributed by atoms with Gasteiger partial charge in [-0.25, -0.2) is 0 Å². The summed E-state index contributed by atoms with van der Waals surface area (Å²) in [5, 5.41) is 19.9. The highest BCUT2D eigenvalue weighted by molar-refractivity contribution is 7.10. The van der Waals surface area contributed by atoms with E-state index >= 15 is 0 Å². The van der Waals surface area contributed by atoms with E-state index < -0.39 is 0 Å². The number of rotatable bonds is 3. The van der Waals surface area contributed by atoms with E-state index in [1.54, 1.807) is 17.6 Å². The highest BCUT2D eigenvalue weighted by Gasteiger charge is 2.08. The van der Waals surface area contributed by atoms with E-state index in [9.17, 15) is 4.79 Å². The number of hydrogen-bond donors (Lipinski definition) is 3. The molecule has 0 spiro atoms. The molecule has 0 fully saturated rings. The molecule has 98 valence electrons. The van der Waals surface area contributed by atoms with Crippen molar-refractivity contribution in [1.82, 2.24) is 15.5 Å². The maximum Gasteiger partial charge on any atom is 0.252 e. The van der Waals surface area contributed by atoms with E-state index in [0.717, 1.165) is 16.1 Å². The third-order valence-electron chi connectivity index (χ3n) is 2.53. The Kier molecular flexibility index (Phi) is 4.34. The third-order valence-corrected chi connectivity index (χ3v) is 3.37. The molecule has 0 bridgehead atoms. The van der Waals surface area contributed by atoms with Crippen molar-refractivity contribution in [3.8, 4) is 11.8 Å². The first-order valence-corrected chi connectivity index (χ1v) is 6.54. The second-order valence-electron chi connectivity index (χ2n) is 3.86. The van der Waals surface area contributed by atoms with Crippen molar-refractivity contribution < 1.29 is 9.90 Å². The third kappa shape index (κ3) is 3.44. The fourth-order valence-electron chi connectivity index (χ4n) is 1.48. The molecule has 0 radical (unpaired) electrons. The topological polar surface area (TPSA) is 78.0 Å². The van der Waals surface area contributed by atoms with E-state index in [1.807, 2.05) is 6.92 Å². The Morgan fingerprint density at radius 1 is 1.63 bits per heavy atom. The number of H-pyrrole nitrogens is 1. The molecule has 2 aromatic heterocycles. The van der Waals surface area contributed by atoms with Crippen LogP contribution in [0.1, 0.15) is 26.5 Å². The number of carbonyl (C=O) groups is 1. The van der Waals surface area contributed by atoms with Gasteiger partial charge in [0.05, 0.1) is 16.6 Å². The number of aromatic amines is 1. The number of thiophene rings is 1. The molecule has 0 saturated carbocycles. The summed E-state index contributed by atoms with van der Waals surface area (Å²) in [6.07, 6.45) is 1.70. The first-order chi connectivity index (χ1) is 9.20. The van der Waals surface area contributed by atoms with Gasteiger partial charge < -0.3 is 10.4 Å². The number of carbonyl (C=O) groups excluding carboxylic acids is 1. The van der Waals surface area contributed by atoms with Gasteiger partial charge in [-0.3, -0.25) is 9.89 Å². The largest absolute Gasteiger partial charge is 0.384 e. The van der Waals surface area contributed by atoms with Crippen molar-refractivity contribution in [1.29, 1.82) is 0 Å². The second-order valence-corrected chi connectivity index (χ2v) is 4.77. The van der Waals surface area contributed by atoms with Crippen molar-refractivity contribution in [2.45, 2.75) is 13.5 Å². The molecule has 6 heteroatoms. The maximum absolute atomic E-state index is 11.9. The van der Waals surface area contributed by atoms with Crippen molar-refractivity contribution in [2.24, 2.45) is 0 Å². The summed E-state index contributed by atoms with van der Waals surface area (Å²) >= 11 is 1.38. The van der Waals surface area contributed by atoms with Gasteiger partial charge >= 0.3 is 0 Å². The van der Waals surface area contributed by atoms with Crippen LogP contribution < -0.4 is 5.32 Å². The number of aliphatic hydroxyl groups excluding tert-OH is 1. The number of nitrogens with one attached hydrogen (secondary N) is 2. The Balaban J connectivity index is 1.96. The zero-order valence-electron chi connectivity index (χ0n) is 10.4. The Labute approximate surface area is 114 Å². The molecule has 2 rings (SSSR count). The van der Waals surface area contributed by atoms with Crippen LogP contribution in [-0.2, 0) is 6.54 Å². The Morgan fingerprint density at radius 3 is 3.16 bits per heavy atom. The molecule has 2 aromatic rings. The minimum atomic E-state index is -0.181. The lowest BCUT2D eigenvalue weighted by atomic mass is 10.2. The minimum absolute atomic E-state index is 0.145. The van der Waals surface area contributed by atoms with E-state index in [-0.39, 0.29) is 12.5 Å². The zero-order valence-corrected chi connectivity index (χ0v) is 11.2. The van der Waals surface area contributed by atoms with Crippen LogP contribution in [-0.4, -0.2) is 27.8 Å². The average Bonchev–Trinajstić information content (AvgIpc) is 3.03. The summed E-state index contributed by atoms with van der Waals surface area (Å²) in [5.41, 5.74) is 2.48. The van der Waals surface area contributed by atoms with Crippen molar-refractivity contribution >= 4 is 17.2 Å². The molecule has 0 aliphatic carbocycles. The Hall–Kier alpha value is -2.10. The number of aryl methyl sites for hydroxylation is 1. The molecule has 0 aliphatic rings. The first kappa shape index (κ1) is 13.3. The van der Waals surface area contributed by atoms with Gasteiger partial charge in [-0.15, -0.1) is 11.3 Å². The molecule has 0 aromatic carbocycles. The van der Waals surface area contributed by atoms with Gasteiger partial charge in [0.25, 0.3) is 5.91 Å². The summed E-state index contributed by atoms with van der Waals surface area (Å²) in [6.45, 7) is 2.16. The van der Waals surface area contributed by atoms with Crippen molar-refractivity contribution in [3.05, 3.63) is 39.3 Å². The van der Waals surface area contributed by atoms with E-state index in [0.29, 0.717) is 12.1 Å². The molecule has 2 heterocycles. The maximum atomic E-state index is 11.9. The Morgan fingerprint density at radius 2 is 2.47 bits per heavy atom. The van der Waals surface area contributed by atoms with E-state index in [2.05, 4.69) is 27.4 Å². The van der Waals surface area contributed by atoms with Crippen LogP contribution in [0.2, 0.25) is 0 Å². The van der Waals surface area contributed by atoms with Crippen LogP contribution in [0, 0.1) is 18.8 Å². The minimum Gasteiger partial charge on any atom is -0.384 e. The smallest absolute Gasteiger partial charge is 0.252 e. The monoisotopic (exact) mass is 275 g/mol. The second kappa shape index (κ2) is 6.18. The van der Waals surface area contributed by atoms with Crippen LogP contribution in [0.25, 0.3) is 0 Å². The predicted octanol–water partition coefficient (Wildman–Crippen LogP) is 1.05. The molecule has 3 N–H and O–H groups in total. The lowest BCUT2D eigenvalue weighted by molar-refractivity contribution is 0.0951.